The van der Waals surface area contributed by atoms with E-state index in [0.29, 0.717) is 19.4 Å². The second-order valence-electron chi connectivity index (χ2n) is 13.0. The lowest BCUT2D eigenvalue weighted by Crippen LogP contribution is -2.52. The Morgan fingerprint density at radius 2 is 0.913 bits per heavy atom. The van der Waals surface area contributed by atoms with E-state index in [9.17, 15) is 14.5 Å². The van der Waals surface area contributed by atoms with E-state index in [0.717, 1.165) is 38.5 Å². The van der Waals surface area contributed by atoms with Gasteiger partial charge in [0.2, 0.25) is 0 Å². The van der Waals surface area contributed by atoms with E-state index in [-0.39, 0.29) is 31.8 Å². The fourth-order valence-corrected chi connectivity index (χ4v) is 6.15. The van der Waals surface area contributed by atoms with Crippen molar-refractivity contribution in [2.45, 2.75) is 200 Å². The maximum atomic E-state index is 12.5. The molecular formula is C37H74NO7P. The number of carbonyl (C=O) groups is 2. The minimum Gasteiger partial charge on any atom is -0.786 e. The first kappa shape index (κ1) is 45.2. The van der Waals surface area contributed by atoms with Gasteiger partial charge in [-0.15, -0.1) is 0 Å². The quantitative estimate of drug-likeness (QED) is 0.0396. The molecule has 0 aromatic rings. The molecule has 8 nitrogen and oxygen atoms in total. The molecule has 0 heterocycles. The molecule has 274 valence electrons. The van der Waals surface area contributed by atoms with Crippen LogP contribution in [0.4, 0.5) is 0 Å². The fourth-order valence-electron chi connectivity index (χ4n) is 5.51. The number of hydrogen-bond donors (Lipinski definition) is 1. The van der Waals surface area contributed by atoms with E-state index in [1.165, 1.54) is 128 Å². The number of carbonyl (C=O) groups excluding carboxylic acids is 2. The number of esters is 2. The summed E-state index contributed by atoms with van der Waals surface area (Å²) in [6.45, 7) is 4.94. The monoisotopic (exact) mass is 676 g/mol. The van der Waals surface area contributed by atoms with Crippen molar-refractivity contribution in [3.05, 3.63) is 0 Å². The van der Waals surface area contributed by atoms with E-state index in [2.05, 4.69) is 19.6 Å². The highest BCUT2D eigenvalue weighted by molar-refractivity contribution is 7.39. The summed E-state index contributed by atoms with van der Waals surface area (Å²) in [4.78, 5) is 36.7. The van der Waals surface area contributed by atoms with E-state index < -0.39 is 14.7 Å². The molecule has 0 saturated heterocycles. The molecule has 2 unspecified atom stereocenters. The first-order chi connectivity index (χ1) is 22.5. The van der Waals surface area contributed by atoms with Crippen LogP contribution in [0, 0.1) is 0 Å². The van der Waals surface area contributed by atoms with Gasteiger partial charge in [-0.25, -0.2) is 0 Å². The summed E-state index contributed by atoms with van der Waals surface area (Å²) in [5, 5.41) is 0. The Hall–Kier alpha value is -0.790. The Kier molecular flexibility index (Phi) is 36.4. The van der Waals surface area contributed by atoms with Gasteiger partial charge >= 0.3 is 11.9 Å². The minimum atomic E-state index is -2.34. The predicted molar refractivity (Wildman–Crippen MR) is 188 cm³/mol. The fraction of sp³-hybridized carbons (Fsp3) is 0.946. The molecule has 0 aliphatic rings. The van der Waals surface area contributed by atoms with Crippen LogP contribution in [0.25, 0.3) is 0 Å². The molecule has 0 amide bonds. The molecule has 46 heavy (non-hydrogen) atoms. The largest absolute Gasteiger partial charge is 0.786 e. The summed E-state index contributed by atoms with van der Waals surface area (Å²) in [5.41, 5.74) is 3.65. The van der Waals surface area contributed by atoms with Gasteiger partial charge in [0, 0.05) is 12.8 Å². The molecule has 0 saturated carbocycles. The van der Waals surface area contributed by atoms with Crippen LogP contribution in [0.1, 0.15) is 194 Å². The Morgan fingerprint density at radius 3 is 1.30 bits per heavy atom. The smallest absolute Gasteiger partial charge is 0.306 e. The Balaban J connectivity index is 4.06. The van der Waals surface area contributed by atoms with Gasteiger partial charge in [0.15, 0.2) is 6.10 Å². The standard InChI is InChI=1S/C37H73NO7P/c1-3-5-7-9-11-13-15-17-19-21-23-25-27-29-36(39)42-33-35(34-44-46(41)43-32-31-38)45-37(40)30-28-26-24-22-20-18-16-14-12-10-8-6-4-2/h35H,3-34,38H2,1-2H3/q-1/p+1. The van der Waals surface area contributed by atoms with Crippen molar-refractivity contribution in [3.63, 3.8) is 0 Å². The molecule has 0 aromatic heterocycles. The molecule has 0 aromatic carbocycles. The van der Waals surface area contributed by atoms with E-state index in [4.69, 9.17) is 18.5 Å². The van der Waals surface area contributed by atoms with Gasteiger partial charge in [-0.3, -0.25) is 9.59 Å². The van der Waals surface area contributed by atoms with Crippen LogP contribution in [0.5, 0.6) is 0 Å². The molecule has 0 fully saturated rings. The zero-order valence-corrected chi connectivity index (χ0v) is 31.1. The van der Waals surface area contributed by atoms with Gasteiger partial charge in [0.25, 0.3) is 0 Å². The third-order valence-electron chi connectivity index (χ3n) is 8.40. The summed E-state index contributed by atoms with van der Waals surface area (Å²) in [5.74, 6) is -0.656. The van der Waals surface area contributed by atoms with Crippen LogP contribution in [-0.2, 0) is 28.1 Å². The number of unbranched alkanes of at least 4 members (excludes halogenated alkanes) is 24. The van der Waals surface area contributed by atoms with Gasteiger partial charge < -0.3 is 29.1 Å². The van der Waals surface area contributed by atoms with E-state index in [1.54, 1.807) is 0 Å². The van der Waals surface area contributed by atoms with Crippen LogP contribution in [0.2, 0.25) is 0 Å². The first-order valence-corrected chi connectivity index (χ1v) is 20.5. The summed E-state index contributed by atoms with van der Waals surface area (Å²) < 4.78 is 21.2. The van der Waals surface area contributed by atoms with Gasteiger partial charge in [-0.2, -0.15) is 0 Å². The van der Waals surface area contributed by atoms with Gasteiger partial charge in [-0.05, 0) is 12.8 Å². The Morgan fingerprint density at radius 1 is 0.543 bits per heavy atom. The van der Waals surface area contributed by atoms with Gasteiger partial charge in [0.05, 0.1) is 21.8 Å². The lowest BCUT2D eigenvalue weighted by atomic mass is 10.0. The molecule has 0 aliphatic carbocycles. The summed E-state index contributed by atoms with van der Waals surface area (Å²) in [6, 6.07) is 0. The second-order valence-corrected chi connectivity index (χ2v) is 13.9. The molecule has 0 aliphatic heterocycles. The Bertz CT molecular complexity index is 655. The first-order valence-electron chi connectivity index (χ1n) is 19.4. The SMILES string of the molecule is CCCCCCCCCCCCCCCC(=O)OCC(COP([O-])OCC[NH3+])OC(=O)CCCCCCCCCCCCCCC. The molecule has 3 N–H and O–H groups in total. The molecule has 0 bridgehead atoms. The summed E-state index contributed by atoms with van der Waals surface area (Å²) >= 11 is 0. The predicted octanol–water partition coefficient (Wildman–Crippen LogP) is 9.27. The highest BCUT2D eigenvalue weighted by Gasteiger charge is 2.18. The highest BCUT2D eigenvalue weighted by Crippen LogP contribution is 2.27. The molecule has 2 atom stereocenters. The summed E-state index contributed by atoms with van der Waals surface area (Å²) in [7, 11) is -2.34. The number of rotatable bonds is 37. The number of ether oxygens (including phenoxy) is 2. The summed E-state index contributed by atoms with van der Waals surface area (Å²) in [6.07, 6.45) is 32.2. The lowest BCUT2D eigenvalue weighted by Gasteiger charge is -2.24. The average Bonchev–Trinajstić information content (AvgIpc) is 3.05. The van der Waals surface area contributed by atoms with Crippen LogP contribution in [0.15, 0.2) is 0 Å². The van der Waals surface area contributed by atoms with Crippen LogP contribution in [0.3, 0.4) is 0 Å². The molecule has 9 heteroatoms. The van der Waals surface area contributed by atoms with Gasteiger partial charge in [-0.1, -0.05) is 168 Å². The van der Waals surface area contributed by atoms with Crippen molar-refractivity contribution < 1.29 is 38.7 Å². The molecule has 0 rings (SSSR count). The second kappa shape index (κ2) is 37.0. The third kappa shape index (κ3) is 34.5. The highest BCUT2D eigenvalue weighted by atomic mass is 31.2. The topological polar surface area (TPSA) is 122 Å². The zero-order chi connectivity index (χ0) is 33.8. The van der Waals surface area contributed by atoms with Crippen molar-refractivity contribution in [2.75, 3.05) is 26.4 Å². The van der Waals surface area contributed by atoms with Crippen LogP contribution in [-0.4, -0.2) is 44.4 Å². The molecular weight excluding hydrogens is 601 g/mol. The molecule has 0 radical (unpaired) electrons. The van der Waals surface area contributed by atoms with Crippen molar-refractivity contribution in [1.29, 1.82) is 0 Å². The third-order valence-corrected chi connectivity index (χ3v) is 9.16. The van der Waals surface area contributed by atoms with Crippen molar-refractivity contribution in [3.8, 4) is 0 Å². The minimum absolute atomic E-state index is 0.111. The van der Waals surface area contributed by atoms with E-state index in [1.807, 2.05) is 0 Å². The van der Waals surface area contributed by atoms with Crippen molar-refractivity contribution in [2.24, 2.45) is 0 Å². The number of hydrogen-bond acceptors (Lipinski definition) is 7. The maximum Gasteiger partial charge on any atom is 0.306 e. The normalized spacial score (nSPS) is 12.7. The number of quaternary nitrogens is 1. The average molecular weight is 676 g/mol. The maximum absolute atomic E-state index is 12.5. The lowest BCUT2D eigenvalue weighted by molar-refractivity contribution is -0.372. The van der Waals surface area contributed by atoms with Crippen molar-refractivity contribution >= 4 is 20.5 Å². The van der Waals surface area contributed by atoms with Crippen molar-refractivity contribution in [1.82, 2.24) is 0 Å². The zero-order valence-electron chi connectivity index (χ0n) is 30.2. The van der Waals surface area contributed by atoms with E-state index >= 15 is 0 Å². The molecule has 0 spiro atoms. The van der Waals surface area contributed by atoms with Crippen LogP contribution < -0.4 is 10.6 Å². The van der Waals surface area contributed by atoms with Gasteiger partial charge in [0.1, 0.15) is 13.2 Å². The Labute approximate surface area is 285 Å². The van der Waals surface area contributed by atoms with Crippen LogP contribution >= 0.6 is 8.60 Å².